The highest BCUT2D eigenvalue weighted by Gasteiger charge is 2.23. The molecule has 0 atom stereocenters. The van der Waals surface area contributed by atoms with Crippen molar-refractivity contribution >= 4 is 48.4 Å². The minimum absolute atomic E-state index is 0. The Bertz CT molecular complexity index is 854. The summed E-state index contributed by atoms with van der Waals surface area (Å²) in [4.78, 5) is 17.2. The number of nitrogens with two attached hydrogens (primary N) is 3. The lowest BCUT2D eigenvalue weighted by atomic mass is 9.86. The maximum absolute atomic E-state index is 6.04. The zero-order chi connectivity index (χ0) is 19.8. The SMILES string of the molecule is Cl.Cl.Cl.NC1CCC(c2nc(CCNCc3ccccc3)c3[nH]cnc3n2)CC1.NN. The van der Waals surface area contributed by atoms with E-state index in [9.17, 15) is 0 Å². The first-order valence-corrected chi connectivity index (χ1v) is 9.83. The van der Waals surface area contributed by atoms with Gasteiger partial charge in [0.05, 0.1) is 12.0 Å². The van der Waals surface area contributed by atoms with E-state index in [1.165, 1.54) is 5.56 Å². The Morgan fingerprint density at radius 3 is 2.32 bits per heavy atom. The number of hydrogen-bond acceptors (Lipinski definition) is 7. The smallest absolute Gasteiger partial charge is 0.181 e. The second-order valence-corrected chi connectivity index (χ2v) is 7.15. The highest BCUT2D eigenvalue weighted by Crippen LogP contribution is 2.31. The molecule has 8 N–H and O–H groups in total. The van der Waals surface area contributed by atoms with Crippen molar-refractivity contribution in [3.05, 3.63) is 53.7 Å². The zero-order valence-corrected chi connectivity index (χ0v) is 19.8. The highest BCUT2D eigenvalue weighted by atomic mass is 35.5. The third kappa shape index (κ3) is 8.16. The van der Waals surface area contributed by atoms with E-state index >= 15 is 0 Å². The van der Waals surface area contributed by atoms with Gasteiger partial charge >= 0.3 is 0 Å². The molecule has 2 heterocycles. The van der Waals surface area contributed by atoms with Crippen LogP contribution in [0.4, 0.5) is 0 Å². The molecule has 0 bridgehead atoms. The fraction of sp³-hybridized carbons (Fsp3) is 0.450. The molecule has 1 fully saturated rings. The first-order chi connectivity index (χ1) is 13.8. The monoisotopic (exact) mass is 490 g/mol. The van der Waals surface area contributed by atoms with Crippen molar-refractivity contribution in [1.82, 2.24) is 25.3 Å². The van der Waals surface area contributed by atoms with Gasteiger partial charge in [-0.25, -0.2) is 15.0 Å². The summed E-state index contributed by atoms with van der Waals surface area (Å²) in [5.74, 6) is 9.35. The van der Waals surface area contributed by atoms with Crippen LogP contribution in [-0.4, -0.2) is 32.5 Å². The van der Waals surface area contributed by atoms with Gasteiger partial charge < -0.3 is 16.0 Å². The van der Waals surface area contributed by atoms with E-state index < -0.39 is 0 Å². The molecule has 11 heteroatoms. The molecule has 174 valence electrons. The lowest BCUT2D eigenvalue weighted by Crippen LogP contribution is -2.26. The van der Waals surface area contributed by atoms with Gasteiger partial charge in [0, 0.05) is 31.5 Å². The van der Waals surface area contributed by atoms with Crippen LogP contribution in [-0.2, 0) is 13.0 Å². The summed E-state index contributed by atoms with van der Waals surface area (Å²) in [6, 6.07) is 10.8. The van der Waals surface area contributed by atoms with Gasteiger partial charge in [0.1, 0.15) is 11.3 Å². The summed E-state index contributed by atoms with van der Waals surface area (Å²) in [5, 5.41) is 3.50. The third-order valence-electron chi connectivity index (χ3n) is 5.23. The fourth-order valence-corrected chi connectivity index (χ4v) is 3.69. The number of nitrogens with one attached hydrogen (secondary N) is 2. The predicted molar refractivity (Wildman–Crippen MR) is 133 cm³/mol. The molecule has 2 aromatic heterocycles. The third-order valence-corrected chi connectivity index (χ3v) is 5.23. The minimum Gasteiger partial charge on any atom is -0.342 e. The number of halogens is 3. The Kier molecular flexibility index (Phi) is 14.6. The molecule has 0 saturated heterocycles. The maximum Gasteiger partial charge on any atom is 0.181 e. The van der Waals surface area contributed by atoms with Crippen LogP contribution < -0.4 is 22.7 Å². The van der Waals surface area contributed by atoms with Gasteiger partial charge in [0.25, 0.3) is 0 Å². The van der Waals surface area contributed by atoms with Crippen LogP contribution in [0.3, 0.4) is 0 Å². The highest BCUT2D eigenvalue weighted by molar-refractivity contribution is 5.86. The molecule has 1 saturated carbocycles. The lowest BCUT2D eigenvalue weighted by molar-refractivity contribution is 0.384. The Balaban J connectivity index is 0.00000175. The number of imidazole rings is 1. The van der Waals surface area contributed by atoms with E-state index in [2.05, 4.69) is 51.2 Å². The molecule has 1 aliphatic carbocycles. The van der Waals surface area contributed by atoms with Gasteiger partial charge in [-0.2, -0.15) is 0 Å². The average molecular weight is 492 g/mol. The fourth-order valence-electron chi connectivity index (χ4n) is 3.69. The quantitative estimate of drug-likeness (QED) is 0.202. The van der Waals surface area contributed by atoms with Crippen molar-refractivity contribution in [2.45, 2.75) is 50.6 Å². The summed E-state index contributed by atoms with van der Waals surface area (Å²) in [7, 11) is 0. The number of nitrogens with zero attached hydrogens (tertiary/aromatic N) is 3. The van der Waals surface area contributed by atoms with Crippen molar-refractivity contribution in [3.8, 4) is 0 Å². The van der Waals surface area contributed by atoms with Crippen molar-refractivity contribution < 1.29 is 0 Å². The Hall–Kier alpha value is -1.52. The van der Waals surface area contributed by atoms with Gasteiger partial charge in [-0.05, 0) is 31.2 Å². The van der Waals surface area contributed by atoms with Crippen LogP contribution in [0.25, 0.3) is 11.2 Å². The molecule has 0 radical (unpaired) electrons. The maximum atomic E-state index is 6.04. The molecule has 8 nitrogen and oxygen atoms in total. The van der Waals surface area contributed by atoms with E-state index in [0.29, 0.717) is 12.0 Å². The van der Waals surface area contributed by atoms with Crippen LogP contribution >= 0.6 is 37.2 Å². The molecular weight excluding hydrogens is 459 g/mol. The summed E-state index contributed by atoms with van der Waals surface area (Å²) >= 11 is 0. The number of rotatable bonds is 6. The Morgan fingerprint density at radius 1 is 0.968 bits per heavy atom. The first kappa shape index (κ1) is 29.5. The van der Waals surface area contributed by atoms with Crippen molar-refractivity contribution in [3.63, 3.8) is 0 Å². The van der Waals surface area contributed by atoms with E-state index in [0.717, 1.165) is 67.9 Å². The predicted octanol–water partition coefficient (Wildman–Crippen LogP) is 2.75. The molecule has 0 amide bonds. The largest absolute Gasteiger partial charge is 0.342 e. The van der Waals surface area contributed by atoms with E-state index in [1.54, 1.807) is 6.33 Å². The molecule has 3 aromatic rings. The molecule has 0 aliphatic heterocycles. The molecule has 31 heavy (non-hydrogen) atoms. The number of fused-ring (bicyclic) bond motifs is 1. The Morgan fingerprint density at radius 2 is 1.65 bits per heavy atom. The second-order valence-electron chi connectivity index (χ2n) is 7.15. The summed E-state index contributed by atoms with van der Waals surface area (Å²) in [6.45, 7) is 1.74. The van der Waals surface area contributed by atoms with Gasteiger partial charge in [-0.3, -0.25) is 11.7 Å². The van der Waals surface area contributed by atoms with Crippen LogP contribution in [0.2, 0.25) is 0 Å². The molecule has 1 aliphatic rings. The van der Waals surface area contributed by atoms with Crippen molar-refractivity contribution in [1.29, 1.82) is 0 Å². The van der Waals surface area contributed by atoms with Crippen molar-refractivity contribution in [2.24, 2.45) is 17.4 Å². The van der Waals surface area contributed by atoms with Crippen molar-refractivity contribution in [2.75, 3.05) is 6.54 Å². The summed E-state index contributed by atoms with van der Waals surface area (Å²) in [5.41, 5.74) is 10.1. The van der Waals surface area contributed by atoms with Gasteiger partial charge in [-0.1, -0.05) is 30.3 Å². The van der Waals surface area contributed by atoms with Crippen LogP contribution in [0.15, 0.2) is 36.7 Å². The molecule has 0 unspecified atom stereocenters. The van der Waals surface area contributed by atoms with Crippen LogP contribution in [0, 0.1) is 0 Å². The molecule has 1 aromatic carbocycles. The molecule has 4 rings (SSSR count). The lowest BCUT2D eigenvalue weighted by Gasteiger charge is -2.25. The standard InChI is InChI=1S/C20H26N6.3ClH.H4N2/c21-16-8-6-15(7-9-16)19-25-17(18-20(26-19)24-13-23-18)10-11-22-12-14-4-2-1-3-5-14;;;;1-2/h1-5,13,15-16,22H,6-12,21H2,(H,23,24,25,26);3*1H;1-2H2. The van der Waals surface area contributed by atoms with Gasteiger partial charge in [-0.15, -0.1) is 37.2 Å². The van der Waals surface area contributed by atoms with E-state index in [4.69, 9.17) is 15.7 Å². The second kappa shape index (κ2) is 15.3. The molecule has 0 spiro atoms. The first-order valence-electron chi connectivity index (χ1n) is 9.83. The Labute approximate surface area is 201 Å². The number of aromatic amines is 1. The summed E-state index contributed by atoms with van der Waals surface area (Å²) < 4.78 is 0. The summed E-state index contributed by atoms with van der Waals surface area (Å²) in [6.07, 6.45) is 6.82. The van der Waals surface area contributed by atoms with Crippen LogP contribution in [0.1, 0.15) is 48.7 Å². The molecular formula is C20H33Cl3N8. The topological polar surface area (TPSA) is 145 Å². The van der Waals surface area contributed by atoms with Gasteiger partial charge in [0.15, 0.2) is 5.65 Å². The van der Waals surface area contributed by atoms with E-state index in [1.807, 2.05) is 6.07 Å². The number of aromatic nitrogens is 4. The average Bonchev–Trinajstić information content (AvgIpc) is 3.23. The van der Waals surface area contributed by atoms with E-state index in [-0.39, 0.29) is 37.2 Å². The number of hydrazine groups is 1. The van der Waals surface area contributed by atoms with Crippen LogP contribution in [0.5, 0.6) is 0 Å². The number of H-pyrrole nitrogens is 1. The number of benzene rings is 1. The minimum atomic E-state index is 0. The zero-order valence-electron chi connectivity index (χ0n) is 17.4. The van der Waals surface area contributed by atoms with Gasteiger partial charge in [0.2, 0.25) is 0 Å². The normalized spacial score (nSPS) is 17.4. The number of hydrogen-bond donors (Lipinski definition) is 5.